The summed E-state index contributed by atoms with van der Waals surface area (Å²) < 4.78 is 19.7. The van der Waals surface area contributed by atoms with Crippen LogP contribution in [0.25, 0.3) is 33.3 Å². The van der Waals surface area contributed by atoms with E-state index in [0.717, 1.165) is 46.3 Å². The first-order valence-electron chi connectivity index (χ1n) is 10.3. The monoisotopic (exact) mass is 416 g/mol. The Bertz CT molecular complexity index is 1210. The molecule has 0 amide bonds. The highest BCUT2D eigenvalue weighted by atomic mass is 19.1. The molecule has 5 nitrogen and oxygen atoms in total. The van der Waals surface area contributed by atoms with Gasteiger partial charge in [-0.3, -0.25) is 4.98 Å². The summed E-state index contributed by atoms with van der Waals surface area (Å²) in [4.78, 5) is 15.4. The normalized spacial score (nSPS) is 11.3. The van der Waals surface area contributed by atoms with Crippen LogP contribution in [0.1, 0.15) is 12.0 Å². The SMILES string of the molecule is Cc1cc(-c2ncccc2-c2ccc3ncnc(OCCCN(C)C)c3c2)ccc1F. The predicted molar refractivity (Wildman–Crippen MR) is 122 cm³/mol. The molecule has 0 unspecified atom stereocenters. The third-order valence-corrected chi connectivity index (χ3v) is 5.14. The fourth-order valence-electron chi connectivity index (χ4n) is 3.53. The zero-order chi connectivity index (χ0) is 21.8. The van der Waals surface area contributed by atoms with Crippen molar-refractivity contribution in [3.05, 3.63) is 72.4 Å². The van der Waals surface area contributed by atoms with Gasteiger partial charge in [-0.1, -0.05) is 12.1 Å². The molecule has 2 aromatic carbocycles. The molecule has 4 rings (SSSR count). The molecule has 0 aliphatic heterocycles. The second-order valence-electron chi connectivity index (χ2n) is 7.78. The van der Waals surface area contributed by atoms with Crippen LogP contribution >= 0.6 is 0 Å². The second-order valence-corrected chi connectivity index (χ2v) is 7.78. The smallest absolute Gasteiger partial charge is 0.224 e. The van der Waals surface area contributed by atoms with Gasteiger partial charge in [-0.25, -0.2) is 14.4 Å². The average Bonchev–Trinajstić information content (AvgIpc) is 2.78. The Hall–Kier alpha value is -3.38. The third kappa shape index (κ3) is 4.70. The zero-order valence-electron chi connectivity index (χ0n) is 18.0. The van der Waals surface area contributed by atoms with Crippen molar-refractivity contribution in [2.75, 3.05) is 27.2 Å². The van der Waals surface area contributed by atoms with Crippen molar-refractivity contribution < 1.29 is 9.13 Å². The Balaban J connectivity index is 1.72. The van der Waals surface area contributed by atoms with Crippen LogP contribution in [0.4, 0.5) is 4.39 Å². The van der Waals surface area contributed by atoms with E-state index < -0.39 is 0 Å². The number of benzene rings is 2. The van der Waals surface area contributed by atoms with Gasteiger partial charge in [0.25, 0.3) is 0 Å². The average molecular weight is 417 g/mol. The maximum atomic E-state index is 13.8. The van der Waals surface area contributed by atoms with Gasteiger partial charge in [-0.2, -0.15) is 0 Å². The number of nitrogens with zero attached hydrogens (tertiary/aromatic N) is 4. The van der Waals surface area contributed by atoms with Gasteiger partial charge >= 0.3 is 0 Å². The molecule has 2 aromatic heterocycles. The van der Waals surface area contributed by atoms with Crippen LogP contribution in [-0.4, -0.2) is 47.1 Å². The molecule has 0 atom stereocenters. The largest absolute Gasteiger partial charge is 0.477 e. The summed E-state index contributed by atoms with van der Waals surface area (Å²) in [5, 5.41) is 0.856. The highest BCUT2D eigenvalue weighted by Crippen LogP contribution is 2.34. The van der Waals surface area contributed by atoms with Gasteiger partial charge < -0.3 is 9.64 Å². The summed E-state index contributed by atoms with van der Waals surface area (Å²) in [6, 6.07) is 15.0. The number of aryl methyl sites for hydroxylation is 1. The molecule has 2 heterocycles. The van der Waals surface area contributed by atoms with E-state index in [-0.39, 0.29) is 5.82 Å². The molecule has 0 N–H and O–H groups in total. The van der Waals surface area contributed by atoms with Gasteiger partial charge in [-0.05, 0) is 75.0 Å². The van der Waals surface area contributed by atoms with Crippen LogP contribution < -0.4 is 4.74 Å². The Labute approximate surface area is 181 Å². The number of aromatic nitrogens is 3. The van der Waals surface area contributed by atoms with Crippen LogP contribution in [0.3, 0.4) is 0 Å². The summed E-state index contributed by atoms with van der Waals surface area (Å²) in [5.41, 5.74) is 5.02. The molecule has 0 spiro atoms. The molecule has 0 saturated heterocycles. The number of hydrogen-bond donors (Lipinski definition) is 0. The molecule has 0 saturated carbocycles. The molecule has 0 radical (unpaired) electrons. The van der Waals surface area contributed by atoms with Gasteiger partial charge in [0.05, 0.1) is 23.2 Å². The second kappa shape index (κ2) is 9.18. The first-order chi connectivity index (χ1) is 15.0. The first-order valence-corrected chi connectivity index (χ1v) is 10.3. The fraction of sp³-hybridized carbons (Fsp3) is 0.240. The van der Waals surface area contributed by atoms with E-state index in [9.17, 15) is 4.39 Å². The van der Waals surface area contributed by atoms with Crippen molar-refractivity contribution >= 4 is 10.9 Å². The molecule has 0 bridgehead atoms. The van der Waals surface area contributed by atoms with Crippen LogP contribution in [0.2, 0.25) is 0 Å². The molecule has 0 fully saturated rings. The lowest BCUT2D eigenvalue weighted by molar-refractivity contribution is 0.276. The van der Waals surface area contributed by atoms with Crippen molar-refractivity contribution in [2.24, 2.45) is 0 Å². The number of ether oxygens (including phenoxy) is 1. The van der Waals surface area contributed by atoms with Gasteiger partial charge in [-0.15, -0.1) is 0 Å². The highest BCUT2D eigenvalue weighted by molar-refractivity contribution is 5.91. The lowest BCUT2D eigenvalue weighted by Crippen LogP contribution is -2.15. The number of halogens is 1. The maximum Gasteiger partial charge on any atom is 0.224 e. The number of rotatable bonds is 7. The van der Waals surface area contributed by atoms with Gasteiger partial charge in [0.1, 0.15) is 12.1 Å². The summed E-state index contributed by atoms with van der Waals surface area (Å²) in [6.07, 6.45) is 4.19. The van der Waals surface area contributed by atoms with E-state index >= 15 is 0 Å². The van der Waals surface area contributed by atoms with Crippen LogP contribution in [-0.2, 0) is 0 Å². The Kier molecular flexibility index (Phi) is 6.18. The molecule has 0 aliphatic rings. The van der Waals surface area contributed by atoms with E-state index in [4.69, 9.17) is 4.74 Å². The fourth-order valence-corrected chi connectivity index (χ4v) is 3.53. The Morgan fingerprint density at radius 1 is 0.968 bits per heavy atom. The predicted octanol–water partition coefficient (Wildman–Crippen LogP) is 5.14. The van der Waals surface area contributed by atoms with E-state index in [2.05, 4.69) is 19.9 Å². The molecule has 0 aliphatic carbocycles. The standard InChI is InChI=1S/C25H25FN4O/c1-17-14-19(7-9-22(17)26)24-20(6-4-11-27-24)18-8-10-23-21(15-18)25(29-16-28-23)31-13-5-12-30(2)3/h4,6-11,14-16H,5,12-13H2,1-3H3. The Morgan fingerprint density at radius 2 is 1.81 bits per heavy atom. The molecule has 158 valence electrons. The number of hydrogen-bond acceptors (Lipinski definition) is 5. The van der Waals surface area contributed by atoms with Gasteiger partial charge in [0.15, 0.2) is 0 Å². The van der Waals surface area contributed by atoms with Crippen LogP contribution in [0.5, 0.6) is 5.88 Å². The lowest BCUT2D eigenvalue weighted by atomic mass is 9.97. The van der Waals surface area contributed by atoms with Crippen molar-refractivity contribution in [1.82, 2.24) is 19.9 Å². The minimum atomic E-state index is -0.222. The molecule has 31 heavy (non-hydrogen) atoms. The molecular weight excluding hydrogens is 391 g/mol. The summed E-state index contributed by atoms with van der Waals surface area (Å²) >= 11 is 0. The molecule has 6 heteroatoms. The zero-order valence-corrected chi connectivity index (χ0v) is 18.0. The van der Waals surface area contributed by atoms with Crippen LogP contribution in [0.15, 0.2) is 61.1 Å². The van der Waals surface area contributed by atoms with Crippen molar-refractivity contribution in [1.29, 1.82) is 0 Å². The van der Waals surface area contributed by atoms with E-state index in [1.54, 1.807) is 19.2 Å². The quantitative estimate of drug-likeness (QED) is 0.391. The van der Waals surface area contributed by atoms with Crippen molar-refractivity contribution in [2.45, 2.75) is 13.3 Å². The summed E-state index contributed by atoms with van der Waals surface area (Å²) in [7, 11) is 4.08. The summed E-state index contributed by atoms with van der Waals surface area (Å²) in [6.45, 7) is 3.29. The van der Waals surface area contributed by atoms with Crippen molar-refractivity contribution in [3.63, 3.8) is 0 Å². The van der Waals surface area contributed by atoms with E-state index in [1.165, 1.54) is 12.4 Å². The highest BCUT2D eigenvalue weighted by Gasteiger charge is 2.13. The third-order valence-electron chi connectivity index (χ3n) is 5.14. The van der Waals surface area contributed by atoms with Crippen molar-refractivity contribution in [3.8, 4) is 28.3 Å². The number of pyridine rings is 1. The number of fused-ring (bicyclic) bond motifs is 1. The first kappa shape index (κ1) is 20.9. The van der Waals surface area contributed by atoms with E-state index in [1.807, 2.05) is 50.5 Å². The minimum Gasteiger partial charge on any atom is -0.477 e. The maximum absolute atomic E-state index is 13.8. The van der Waals surface area contributed by atoms with Crippen LogP contribution in [0, 0.1) is 12.7 Å². The molecular formula is C25H25FN4O. The lowest BCUT2D eigenvalue weighted by Gasteiger charge is -2.13. The molecule has 4 aromatic rings. The van der Waals surface area contributed by atoms with E-state index in [0.29, 0.717) is 18.1 Å². The Morgan fingerprint density at radius 3 is 2.61 bits per heavy atom. The van der Waals surface area contributed by atoms with Gasteiger partial charge in [0, 0.05) is 23.9 Å². The minimum absolute atomic E-state index is 0.222. The summed E-state index contributed by atoms with van der Waals surface area (Å²) in [5.74, 6) is 0.355. The topological polar surface area (TPSA) is 51.1 Å². The van der Waals surface area contributed by atoms with Gasteiger partial charge in [0.2, 0.25) is 5.88 Å².